The molecule has 0 amide bonds. The molecule has 4 rings (SSSR count). The van der Waals surface area contributed by atoms with E-state index in [2.05, 4.69) is 24.7 Å². The number of ether oxygens (including phenoxy) is 2. The van der Waals surface area contributed by atoms with Gasteiger partial charge in [-0.15, -0.1) is 0 Å². The van der Waals surface area contributed by atoms with Crippen molar-refractivity contribution >= 4 is 11.9 Å². The van der Waals surface area contributed by atoms with E-state index in [1.54, 1.807) is 0 Å². The average molecular weight is 498 g/mol. The molecule has 2 unspecified atom stereocenters. The van der Waals surface area contributed by atoms with Gasteiger partial charge in [-0.3, -0.25) is 9.13 Å². The lowest BCUT2D eigenvalue weighted by Gasteiger charge is -2.16. The van der Waals surface area contributed by atoms with Crippen molar-refractivity contribution in [2.45, 2.75) is 48.9 Å². The summed E-state index contributed by atoms with van der Waals surface area (Å²) in [5, 5.41) is 58.3. The normalized spacial score (nSPS) is 51.0. The minimum absolute atomic E-state index is 0.0257. The number of aliphatic hydroxyl groups is 6. The minimum Gasteiger partial charge on any atom is -0.394 e. The fourth-order valence-corrected chi connectivity index (χ4v) is 2.46. The van der Waals surface area contributed by atoms with Crippen LogP contribution < -0.4 is 22.8 Å². The fraction of sp³-hybridized carbons (Fsp3) is 0.625. The molecule has 4 heterocycles. The first-order valence-corrected chi connectivity index (χ1v) is 8.64. The first-order valence-electron chi connectivity index (χ1n) is 13.6. The minimum atomic E-state index is -3.89. The van der Waals surface area contributed by atoms with Crippen LogP contribution in [-0.2, 0) is 9.47 Å². The number of aliphatic hydroxyl groups excluding tert-OH is 1. The first-order chi connectivity index (χ1) is 19.5. The van der Waals surface area contributed by atoms with Gasteiger partial charge in [0.15, 0.2) is 12.4 Å². The van der Waals surface area contributed by atoms with Crippen LogP contribution in [0.4, 0.5) is 11.9 Å². The van der Waals surface area contributed by atoms with Gasteiger partial charge in [-0.1, -0.05) is 0 Å². The Bertz CT molecular complexity index is 1550. The van der Waals surface area contributed by atoms with E-state index >= 15 is 0 Å². The molecule has 2 aliphatic rings. The van der Waals surface area contributed by atoms with Crippen molar-refractivity contribution in [1.29, 1.82) is 0 Å². The monoisotopic (exact) mass is 498 g/mol. The molecule has 2 saturated heterocycles. The molecule has 18 heteroatoms. The van der Waals surface area contributed by atoms with E-state index in [1.807, 2.05) is 0 Å². The molecule has 34 heavy (non-hydrogen) atoms. The maximum absolute atomic E-state index is 11.8. The van der Waals surface area contributed by atoms with Crippen LogP contribution in [0.1, 0.15) is 26.1 Å². The summed E-state index contributed by atoms with van der Waals surface area (Å²) in [5.41, 5.74) is 7.86. The SMILES string of the molecule is [2H]C([2H])(O)[C@@]1([2H])O[C@@H](n2cnc(N)nc2=O)[C@@H](O)C1([2H])O.[2H]C([2H])(O)[C@@]1([2H])O[C@@]([2H])(n2cnc(N)nc2=O)[C@@]([2H])(O)C1([2H])O. The number of nitrogen functional groups attached to an aromatic ring is 2. The Morgan fingerprint density at radius 2 is 1.38 bits per heavy atom. The summed E-state index contributed by atoms with van der Waals surface area (Å²) in [5.74, 6) is -0.906. The maximum Gasteiger partial charge on any atom is 0.354 e. The molecule has 2 aromatic rings. The van der Waals surface area contributed by atoms with Gasteiger partial charge in [-0.05, 0) is 0 Å². The third kappa shape index (κ3) is 5.03. The highest BCUT2D eigenvalue weighted by molar-refractivity contribution is 5.10. The summed E-state index contributed by atoms with van der Waals surface area (Å²) in [4.78, 5) is 36.5. The second kappa shape index (κ2) is 10.4. The zero-order chi connectivity index (χ0) is 34.3. The molecule has 2 aromatic heterocycles. The van der Waals surface area contributed by atoms with Crippen LogP contribution in [0.2, 0.25) is 0 Å². The molecular formula is C16H24N8O10. The Morgan fingerprint density at radius 3 is 1.82 bits per heavy atom. The third-order valence-corrected chi connectivity index (χ3v) is 4.03. The highest BCUT2D eigenvalue weighted by Crippen LogP contribution is 2.28. The Labute approximate surface area is 203 Å². The van der Waals surface area contributed by atoms with Crippen LogP contribution in [0.5, 0.6) is 0 Å². The lowest BCUT2D eigenvalue weighted by Crippen LogP contribution is -2.36. The summed E-state index contributed by atoms with van der Waals surface area (Å²) in [6, 6.07) is 0. The largest absolute Gasteiger partial charge is 0.394 e. The van der Waals surface area contributed by atoms with Crippen LogP contribution >= 0.6 is 0 Å². The lowest BCUT2D eigenvalue weighted by molar-refractivity contribution is -0.0554. The number of nitrogens with two attached hydrogens (primary N) is 2. The molecule has 0 aromatic carbocycles. The zero-order valence-electron chi connectivity index (χ0n) is 26.5. The van der Waals surface area contributed by atoms with Crippen molar-refractivity contribution in [3.63, 3.8) is 0 Å². The van der Waals surface area contributed by atoms with Crippen LogP contribution in [0.3, 0.4) is 0 Å². The molecule has 0 bridgehead atoms. The predicted molar refractivity (Wildman–Crippen MR) is 107 cm³/mol. The van der Waals surface area contributed by atoms with Crippen molar-refractivity contribution in [2.24, 2.45) is 0 Å². The van der Waals surface area contributed by atoms with Crippen molar-refractivity contribution < 1.29 is 53.8 Å². The Kier molecular flexibility index (Phi) is 4.61. The molecule has 8 atom stereocenters. The summed E-state index contributed by atoms with van der Waals surface area (Å²) in [6.07, 6.45) is -24.2. The van der Waals surface area contributed by atoms with Gasteiger partial charge in [-0.25, -0.2) is 19.6 Å². The molecule has 0 aliphatic carbocycles. The molecule has 10 N–H and O–H groups in total. The number of rotatable bonds is 4. The van der Waals surface area contributed by atoms with E-state index in [0.29, 0.717) is 10.9 Å². The van der Waals surface area contributed by atoms with Crippen LogP contribution in [-0.4, -0.2) is 109 Å². The topological polar surface area (TPSA) is 287 Å². The highest BCUT2D eigenvalue weighted by Gasteiger charge is 2.44. The molecular weight excluding hydrogens is 464 g/mol. The van der Waals surface area contributed by atoms with E-state index in [1.165, 1.54) is 0 Å². The van der Waals surface area contributed by atoms with Crippen molar-refractivity contribution in [2.75, 3.05) is 24.6 Å². The third-order valence-electron chi connectivity index (χ3n) is 4.03. The van der Waals surface area contributed by atoms with Crippen molar-refractivity contribution in [1.82, 2.24) is 29.1 Å². The molecule has 2 fully saturated rings. The molecule has 0 saturated carbocycles. The van der Waals surface area contributed by atoms with Crippen LogP contribution in [0.25, 0.3) is 0 Å². The smallest absolute Gasteiger partial charge is 0.354 e. The number of hydrogen-bond acceptors (Lipinski definition) is 16. The Hall–Kier alpha value is -3.10. The van der Waals surface area contributed by atoms with Crippen molar-refractivity contribution in [3.05, 3.63) is 33.6 Å². The van der Waals surface area contributed by atoms with E-state index in [0.717, 1.165) is 6.33 Å². The molecule has 188 valence electrons. The summed E-state index contributed by atoms with van der Waals surface area (Å²) >= 11 is 0. The van der Waals surface area contributed by atoms with Gasteiger partial charge in [0.1, 0.15) is 49.2 Å². The van der Waals surface area contributed by atoms with Gasteiger partial charge >= 0.3 is 11.4 Å². The van der Waals surface area contributed by atoms with E-state index in [-0.39, 0.29) is 10.5 Å². The zero-order valence-corrected chi connectivity index (χ0v) is 16.5. The van der Waals surface area contributed by atoms with Crippen LogP contribution in [0, 0.1) is 0 Å². The van der Waals surface area contributed by atoms with Gasteiger partial charge < -0.3 is 51.6 Å². The highest BCUT2D eigenvalue weighted by atomic mass is 16.6. The first kappa shape index (κ1) is 15.0. The predicted octanol–water partition coefficient (Wildman–Crippen LogP) is -6.34. The number of anilines is 2. The second-order valence-electron chi connectivity index (χ2n) is 6.10. The summed E-state index contributed by atoms with van der Waals surface area (Å²) < 4.78 is 84.0. The van der Waals surface area contributed by atoms with Gasteiger partial charge in [0.25, 0.3) is 0 Å². The quantitative estimate of drug-likeness (QED) is 0.194. The average Bonchev–Trinajstić information content (AvgIpc) is 3.10. The molecule has 0 radical (unpaired) electrons. The number of hydrogen-bond donors (Lipinski definition) is 8. The van der Waals surface area contributed by atoms with E-state index < -0.39 is 79.4 Å². The van der Waals surface area contributed by atoms with Gasteiger partial charge in [0.2, 0.25) is 11.9 Å². The molecule has 2 aliphatic heterocycles. The second-order valence-corrected chi connectivity index (χ2v) is 6.10. The van der Waals surface area contributed by atoms with Crippen molar-refractivity contribution in [3.8, 4) is 0 Å². The van der Waals surface area contributed by atoms with Gasteiger partial charge in [0.05, 0.1) is 26.8 Å². The number of aromatic nitrogens is 6. The molecule has 18 nitrogen and oxygen atoms in total. The van der Waals surface area contributed by atoms with Crippen LogP contribution in [0.15, 0.2) is 22.2 Å². The summed E-state index contributed by atoms with van der Waals surface area (Å²) in [6.45, 7) is -7.29. The number of nitrogens with zero attached hydrogens (tertiary/aromatic N) is 6. The summed E-state index contributed by atoms with van der Waals surface area (Å²) in [7, 11) is 0. The fourth-order valence-electron chi connectivity index (χ4n) is 2.46. The molecule has 0 spiro atoms. The standard InChI is InChI=1S/2C8H12N4O5/c2*9-7-10-2-12(8(16)11-7)6-5(15)4(14)3(1-13)17-6/h2*2-6,13-15H,1H2,(H2,9,11,16)/t2*3-,4?,5+,6-/m11/s1/i1D2,3D,4D,5D,6D;1D2,3D,4D. The van der Waals surface area contributed by atoms with Gasteiger partial charge in [0, 0.05) is 0 Å². The van der Waals surface area contributed by atoms with E-state index in [9.17, 15) is 40.2 Å². The van der Waals surface area contributed by atoms with E-state index in [4.69, 9.17) is 29.9 Å². The Morgan fingerprint density at radius 1 is 0.882 bits per heavy atom. The maximum atomic E-state index is 11.8. The lowest BCUT2D eigenvalue weighted by atomic mass is 10.1. The Balaban J connectivity index is 0.000000241. The van der Waals surface area contributed by atoms with Gasteiger partial charge in [-0.2, -0.15) is 9.97 Å².